The van der Waals surface area contributed by atoms with Crippen LogP contribution in [0.2, 0.25) is 0 Å². The molecule has 0 atom stereocenters. The molecule has 0 aromatic carbocycles. The van der Waals surface area contributed by atoms with Gasteiger partial charge in [0.1, 0.15) is 0 Å². The van der Waals surface area contributed by atoms with E-state index < -0.39 is 5.97 Å². The molecule has 0 unspecified atom stereocenters. The third-order valence-corrected chi connectivity index (χ3v) is 0.912. The molecule has 0 bridgehead atoms. The molecule has 5 heteroatoms. The molecule has 0 heterocycles. The zero-order chi connectivity index (χ0) is 8.85. The fourth-order valence-corrected chi connectivity index (χ4v) is 0.561. The Kier molecular flexibility index (Phi) is 9.09. The first kappa shape index (κ1) is 14.4. The molecule has 1 radical (unpaired) electrons. The Hall–Kier alpha value is -0.0861. The molecular weight excluding hydrogens is 235 g/mol. The molecule has 4 nitrogen and oxygen atoms in total. The average Bonchev–Trinajstić information content (AvgIpc) is 1.82. The molecule has 0 saturated carbocycles. The van der Waals surface area contributed by atoms with E-state index in [9.17, 15) is 9.59 Å². The van der Waals surface area contributed by atoms with E-state index in [2.05, 4.69) is 5.32 Å². The number of carboxylic acids is 1. The van der Waals surface area contributed by atoms with Crippen molar-refractivity contribution in [1.82, 2.24) is 5.32 Å². The topological polar surface area (TPSA) is 66.4 Å². The second kappa shape index (κ2) is 7.56. The van der Waals surface area contributed by atoms with Crippen molar-refractivity contribution < 1.29 is 47.4 Å². The van der Waals surface area contributed by atoms with E-state index in [1.54, 1.807) is 0 Å². The number of amides is 1. The summed E-state index contributed by atoms with van der Waals surface area (Å²) in [5.74, 6) is -1.33. The van der Waals surface area contributed by atoms with Crippen LogP contribution in [0.4, 0.5) is 0 Å². The van der Waals surface area contributed by atoms with Gasteiger partial charge in [-0.3, -0.25) is 16.0 Å². The van der Waals surface area contributed by atoms with Crippen LogP contribution >= 0.6 is 0 Å². The number of rotatable bonds is 4. The number of carbonyl (C=O) groups is 2. The van der Waals surface area contributed by atoms with Crippen LogP contribution in [0.15, 0.2) is 0 Å². The van der Waals surface area contributed by atoms with E-state index in [0.717, 1.165) is 6.42 Å². The quantitative estimate of drug-likeness (QED) is 0.697. The van der Waals surface area contributed by atoms with Crippen LogP contribution in [-0.4, -0.2) is 23.0 Å². The minimum Gasteiger partial charge on any atom is -0.503 e. The predicted molar refractivity (Wildman–Crippen MR) is 39.8 cm³/mol. The second-order valence-electron chi connectivity index (χ2n) is 2.47. The normalized spacial score (nSPS) is 8.58. The Morgan fingerprint density at radius 2 is 2.00 bits per heavy atom. The fourth-order valence-electron chi connectivity index (χ4n) is 0.561. The van der Waals surface area contributed by atoms with Crippen LogP contribution in [0.3, 0.4) is 0 Å². The third kappa shape index (κ3) is 9.91. The van der Waals surface area contributed by atoms with E-state index >= 15 is 0 Å². The molecule has 0 fully saturated rings. The van der Waals surface area contributed by atoms with E-state index in [-0.39, 0.29) is 51.1 Å². The van der Waals surface area contributed by atoms with Gasteiger partial charge < -0.3 is 10.4 Å². The maximum Gasteiger partial charge on any atom is 0.193 e. The zero-order valence-electron chi connectivity index (χ0n) is 7.20. The van der Waals surface area contributed by atoms with E-state index in [1.165, 1.54) is 0 Å². The molecule has 0 rings (SSSR count). The van der Waals surface area contributed by atoms with Gasteiger partial charge in [0.15, 0.2) is 11.9 Å². The van der Waals surface area contributed by atoms with E-state index in [0.29, 0.717) is 0 Å². The van der Waals surface area contributed by atoms with E-state index in [1.807, 2.05) is 13.8 Å². The minimum absolute atomic E-state index is 0. The van der Waals surface area contributed by atoms with Crippen molar-refractivity contribution in [1.29, 1.82) is 0 Å². The SMILES string of the molecule is CC(C)NC(=O)C[CH-]C(=O)O.[Y]. The van der Waals surface area contributed by atoms with E-state index in [4.69, 9.17) is 5.11 Å². The van der Waals surface area contributed by atoms with Crippen LogP contribution in [0.1, 0.15) is 20.3 Å². The summed E-state index contributed by atoms with van der Waals surface area (Å²) in [6.07, 6.45) is 0.866. The fraction of sp³-hybridized carbons (Fsp3) is 0.571. The van der Waals surface area contributed by atoms with Crippen LogP contribution < -0.4 is 5.32 Å². The third-order valence-electron chi connectivity index (χ3n) is 0.912. The molecule has 0 aliphatic carbocycles. The Morgan fingerprint density at radius 3 is 2.33 bits per heavy atom. The van der Waals surface area contributed by atoms with Gasteiger partial charge in [0.25, 0.3) is 0 Å². The summed E-state index contributed by atoms with van der Waals surface area (Å²) in [7, 11) is 0. The summed E-state index contributed by atoms with van der Waals surface area (Å²) in [4.78, 5) is 20.7. The van der Waals surface area contributed by atoms with Crippen molar-refractivity contribution in [3.8, 4) is 0 Å². The largest absolute Gasteiger partial charge is 0.503 e. The first-order chi connectivity index (χ1) is 5.02. The summed E-state index contributed by atoms with van der Waals surface area (Å²) in [6, 6.07) is 0.0599. The summed E-state index contributed by atoms with van der Waals surface area (Å²) in [5, 5.41) is 10.7. The maximum absolute atomic E-state index is 10.8. The first-order valence-corrected chi connectivity index (χ1v) is 3.38. The van der Waals surface area contributed by atoms with Crippen molar-refractivity contribution in [3.05, 3.63) is 6.42 Å². The van der Waals surface area contributed by atoms with Gasteiger partial charge in [-0.1, -0.05) is 6.42 Å². The van der Waals surface area contributed by atoms with Gasteiger partial charge in [0.05, 0.1) is 0 Å². The van der Waals surface area contributed by atoms with Gasteiger partial charge in [-0.05, 0) is 13.8 Å². The summed E-state index contributed by atoms with van der Waals surface area (Å²) in [5.41, 5.74) is 0. The molecule has 12 heavy (non-hydrogen) atoms. The predicted octanol–water partition coefficient (Wildman–Crippen LogP) is 0.187. The summed E-state index contributed by atoms with van der Waals surface area (Å²) < 4.78 is 0. The van der Waals surface area contributed by atoms with Crippen LogP contribution in [0.25, 0.3) is 0 Å². The maximum atomic E-state index is 10.8. The number of hydrogen-bond acceptors (Lipinski definition) is 2. The van der Waals surface area contributed by atoms with Gasteiger partial charge in [0, 0.05) is 38.8 Å². The summed E-state index contributed by atoms with van der Waals surface area (Å²) >= 11 is 0. The molecule has 1 amide bonds. The van der Waals surface area contributed by atoms with Crippen molar-refractivity contribution in [3.63, 3.8) is 0 Å². The number of carbonyl (C=O) groups excluding carboxylic acids is 1. The Balaban J connectivity index is 0. The second-order valence-corrected chi connectivity index (χ2v) is 2.47. The molecule has 67 valence electrons. The average molecular weight is 247 g/mol. The standard InChI is InChI=1S/C7H12NO3.Y/c1-5(2)8-6(9)3-4-7(10)11;/h4-5H,3H2,1-2H3,(H,8,9)(H,10,11);/q-1;. The smallest absolute Gasteiger partial charge is 0.193 e. The van der Waals surface area contributed by atoms with Crippen molar-refractivity contribution in [2.45, 2.75) is 26.3 Å². The molecule has 0 aliphatic heterocycles. The molecule has 0 saturated heterocycles. The van der Waals surface area contributed by atoms with Gasteiger partial charge >= 0.3 is 0 Å². The number of nitrogens with one attached hydrogen (secondary N) is 1. The van der Waals surface area contributed by atoms with Crippen LogP contribution in [-0.2, 0) is 42.3 Å². The number of hydrogen-bond donors (Lipinski definition) is 2. The van der Waals surface area contributed by atoms with Gasteiger partial charge in [-0.2, -0.15) is 0 Å². The van der Waals surface area contributed by atoms with Crippen molar-refractivity contribution in [2.24, 2.45) is 0 Å². The van der Waals surface area contributed by atoms with Crippen LogP contribution in [0, 0.1) is 6.42 Å². The Labute approximate surface area is 97.0 Å². The molecule has 0 spiro atoms. The molecular formula is C7H12NO3Y-. The Bertz CT molecular complexity index is 159. The Morgan fingerprint density at radius 1 is 1.50 bits per heavy atom. The van der Waals surface area contributed by atoms with Gasteiger partial charge in [0.2, 0.25) is 0 Å². The molecule has 0 aromatic heterocycles. The molecule has 0 aromatic rings. The minimum atomic E-state index is -1.07. The molecule has 0 aliphatic rings. The first-order valence-electron chi connectivity index (χ1n) is 3.38. The number of carboxylic acid groups (broad SMARTS) is 1. The van der Waals surface area contributed by atoms with Crippen LogP contribution in [0.5, 0.6) is 0 Å². The zero-order valence-corrected chi connectivity index (χ0v) is 10.0. The summed E-state index contributed by atoms with van der Waals surface area (Å²) in [6.45, 7) is 3.64. The van der Waals surface area contributed by atoms with Gasteiger partial charge in [-0.25, -0.2) is 0 Å². The van der Waals surface area contributed by atoms with Crippen molar-refractivity contribution in [2.75, 3.05) is 0 Å². The van der Waals surface area contributed by atoms with Gasteiger partial charge in [-0.15, -0.1) is 0 Å². The monoisotopic (exact) mass is 247 g/mol. The number of aliphatic carboxylic acids is 1. The molecule has 2 N–H and O–H groups in total. The van der Waals surface area contributed by atoms with Crippen molar-refractivity contribution >= 4 is 11.9 Å².